The first kappa shape index (κ1) is 23.1. The number of hydrogen-bond donors (Lipinski definition) is 1. The SMILES string of the molecule is Cc1ccc(N2C[C@@H](c3nc4ccccc4n3C[C@@H](O)COc3c(C)cccc3C)CC2=O)cc1. The van der Waals surface area contributed by atoms with Crippen LogP contribution in [0.3, 0.4) is 0 Å². The van der Waals surface area contributed by atoms with Crippen LogP contribution in [-0.2, 0) is 11.3 Å². The van der Waals surface area contributed by atoms with E-state index in [0.29, 0.717) is 19.5 Å². The van der Waals surface area contributed by atoms with Crippen LogP contribution < -0.4 is 9.64 Å². The highest BCUT2D eigenvalue weighted by Gasteiger charge is 2.35. The van der Waals surface area contributed by atoms with Gasteiger partial charge in [0.05, 0.1) is 17.6 Å². The Morgan fingerprint density at radius 3 is 2.46 bits per heavy atom. The molecular weight excluding hydrogens is 438 g/mol. The first-order valence-electron chi connectivity index (χ1n) is 12.1. The summed E-state index contributed by atoms with van der Waals surface area (Å²) in [6.45, 7) is 7.14. The number of ether oxygens (including phenoxy) is 1. The number of anilines is 1. The van der Waals surface area contributed by atoms with E-state index in [1.165, 1.54) is 0 Å². The average Bonchev–Trinajstić information content (AvgIpc) is 3.40. The van der Waals surface area contributed by atoms with Gasteiger partial charge in [-0.05, 0) is 56.2 Å². The number of amides is 1. The molecular formula is C29H31N3O3. The summed E-state index contributed by atoms with van der Waals surface area (Å²) in [5, 5.41) is 10.9. The molecule has 0 unspecified atom stereocenters. The zero-order valence-electron chi connectivity index (χ0n) is 20.4. The number of aromatic nitrogens is 2. The number of hydrogen-bond acceptors (Lipinski definition) is 4. The van der Waals surface area contributed by atoms with Gasteiger partial charge in [0.25, 0.3) is 0 Å². The van der Waals surface area contributed by atoms with Crippen molar-refractivity contribution >= 4 is 22.6 Å². The largest absolute Gasteiger partial charge is 0.490 e. The van der Waals surface area contributed by atoms with Crippen molar-refractivity contribution in [2.75, 3.05) is 18.1 Å². The minimum Gasteiger partial charge on any atom is -0.490 e. The van der Waals surface area contributed by atoms with Gasteiger partial charge in [-0.25, -0.2) is 4.98 Å². The number of carbonyl (C=O) groups is 1. The number of aliphatic hydroxyl groups excluding tert-OH is 1. The molecule has 1 N–H and O–H groups in total. The quantitative estimate of drug-likeness (QED) is 0.417. The lowest BCUT2D eigenvalue weighted by Crippen LogP contribution is -2.26. The summed E-state index contributed by atoms with van der Waals surface area (Å²) in [6.07, 6.45) is -0.331. The monoisotopic (exact) mass is 469 g/mol. The van der Waals surface area contributed by atoms with Gasteiger partial charge < -0.3 is 19.3 Å². The molecule has 5 rings (SSSR count). The first-order valence-corrected chi connectivity index (χ1v) is 12.1. The smallest absolute Gasteiger partial charge is 0.227 e. The third-order valence-corrected chi connectivity index (χ3v) is 6.74. The van der Waals surface area contributed by atoms with Gasteiger partial charge in [-0.2, -0.15) is 0 Å². The molecule has 6 heteroatoms. The minimum absolute atomic E-state index is 0.0528. The Bertz CT molecular complexity index is 1340. The summed E-state index contributed by atoms with van der Waals surface area (Å²) >= 11 is 0. The van der Waals surface area contributed by atoms with Gasteiger partial charge in [0.1, 0.15) is 24.3 Å². The molecule has 1 aliphatic rings. The Morgan fingerprint density at radius 2 is 1.71 bits per heavy atom. The molecule has 1 saturated heterocycles. The zero-order chi connectivity index (χ0) is 24.5. The van der Waals surface area contributed by atoms with Gasteiger partial charge >= 0.3 is 0 Å². The number of imidazole rings is 1. The summed E-state index contributed by atoms with van der Waals surface area (Å²) in [4.78, 5) is 19.7. The Hall–Kier alpha value is -3.64. The number of aliphatic hydroxyl groups is 1. The predicted molar refractivity (Wildman–Crippen MR) is 138 cm³/mol. The summed E-state index contributed by atoms with van der Waals surface area (Å²) < 4.78 is 8.07. The molecule has 0 aliphatic carbocycles. The third kappa shape index (κ3) is 4.66. The molecule has 35 heavy (non-hydrogen) atoms. The van der Waals surface area contributed by atoms with Crippen molar-refractivity contribution < 1.29 is 14.6 Å². The van der Waals surface area contributed by atoms with E-state index in [1.807, 2.05) is 92.4 Å². The maximum absolute atomic E-state index is 12.9. The maximum Gasteiger partial charge on any atom is 0.227 e. The van der Waals surface area contributed by atoms with Crippen molar-refractivity contribution in [3.05, 3.63) is 89.2 Å². The standard InChI is InChI=1S/C29H31N3O3/c1-19-11-13-23(14-12-19)31-16-22(15-27(31)34)29-30-25-9-4-5-10-26(25)32(29)17-24(33)18-35-28-20(2)7-6-8-21(28)3/h4-14,22,24,33H,15-18H2,1-3H3/t22-,24+/m0/s1. The van der Waals surface area contributed by atoms with Crippen LogP contribution in [0.15, 0.2) is 66.7 Å². The third-order valence-electron chi connectivity index (χ3n) is 6.74. The lowest BCUT2D eigenvalue weighted by atomic mass is 10.1. The Kier molecular flexibility index (Phi) is 6.31. The molecule has 180 valence electrons. The molecule has 2 heterocycles. The predicted octanol–water partition coefficient (Wildman–Crippen LogP) is 4.92. The van der Waals surface area contributed by atoms with Crippen molar-refractivity contribution in [2.24, 2.45) is 0 Å². The average molecular weight is 470 g/mol. The molecule has 4 aromatic rings. The van der Waals surface area contributed by atoms with Gasteiger partial charge in [-0.3, -0.25) is 4.79 Å². The molecule has 1 aliphatic heterocycles. The molecule has 0 bridgehead atoms. The molecule has 3 aromatic carbocycles. The number of fused-ring (bicyclic) bond motifs is 1. The van der Waals surface area contributed by atoms with Crippen molar-refractivity contribution in [1.29, 1.82) is 0 Å². The molecule has 1 fully saturated rings. The fourth-order valence-corrected chi connectivity index (χ4v) is 4.92. The normalized spacial score (nSPS) is 16.7. The zero-order valence-corrected chi connectivity index (χ0v) is 20.4. The summed E-state index contributed by atoms with van der Waals surface area (Å²) in [5.41, 5.74) is 5.99. The van der Waals surface area contributed by atoms with Gasteiger partial charge in [0, 0.05) is 24.6 Å². The molecule has 1 amide bonds. The van der Waals surface area contributed by atoms with Gasteiger partial charge in [-0.15, -0.1) is 0 Å². The Balaban J connectivity index is 1.39. The number of carbonyl (C=O) groups excluding carboxylic acids is 1. The molecule has 0 saturated carbocycles. The van der Waals surface area contributed by atoms with Crippen LogP contribution in [0.25, 0.3) is 11.0 Å². The van der Waals surface area contributed by atoms with E-state index < -0.39 is 6.10 Å². The summed E-state index contributed by atoms with van der Waals surface area (Å²) in [7, 11) is 0. The summed E-state index contributed by atoms with van der Waals surface area (Å²) in [6, 6.07) is 22.0. The number of aryl methyl sites for hydroxylation is 3. The highest BCUT2D eigenvalue weighted by atomic mass is 16.5. The van der Waals surface area contributed by atoms with Crippen LogP contribution >= 0.6 is 0 Å². The Morgan fingerprint density at radius 1 is 1.00 bits per heavy atom. The molecule has 0 spiro atoms. The number of benzene rings is 3. The van der Waals surface area contributed by atoms with Crippen molar-refractivity contribution in [2.45, 2.75) is 45.8 Å². The van der Waals surface area contributed by atoms with Crippen LogP contribution in [0, 0.1) is 20.8 Å². The van der Waals surface area contributed by atoms with E-state index in [2.05, 4.69) is 4.57 Å². The van der Waals surface area contributed by atoms with Crippen molar-refractivity contribution in [3.8, 4) is 5.75 Å². The van der Waals surface area contributed by atoms with Crippen LogP contribution in [0.4, 0.5) is 5.69 Å². The fraction of sp³-hybridized carbons (Fsp3) is 0.310. The maximum atomic E-state index is 12.9. The highest BCUT2D eigenvalue weighted by molar-refractivity contribution is 5.96. The Labute approximate surface area is 205 Å². The second kappa shape index (κ2) is 9.55. The second-order valence-corrected chi connectivity index (χ2v) is 9.50. The van der Waals surface area contributed by atoms with E-state index in [9.17, 15) is 9.90 Å². The second-order valence-electron chi connectivity index (χ2n) is 9.50. The lowest BCUT2D eigenvalue weighted by molar-refractivity contribution is -0.117. The highest BCUT2D eigenvalue weighted by Crippen LogP contribution is 2.33. The molecule has 6 nitrogen and oxygen atoms in total. The van der Waals surface area contributed by atoms with E-state index in [0.717, 1.165) is 45.0 Å². The lowest BCUT2D eigenvalue weighted by Gasteiger charge is -2.20. The fourth-order valence-electron chi connectivity index (χ4n) is 4.92. The molecule has 1 aromatic heterocycles. The summed E-state index contributed by atoms with van der Waals surface area (Å²) in [5.74, 6) is 1.69. The van der Waals surface area contributed by atoms with E-state index in [1.54, 1.807) is 0 Å². The van der Waals surface area contributed by atoms with E-state index in [4.69, 9.17) is 9.72 Å². The molecule has 0 radical (unpaired) electrons. The minimum atomic E-state index is -0.726. The van der Waals surface area contributed by atoms with Gasteiger partial charge in [0.2, 0.25) is 5.91 Å². The number of para-hydroxylation sites is 3. The van der Waals surface area contributed by atoms with Gasteiger partial charge in [0.15, 0.2) is 0 Å². The number of nitrogens with zero attached hydrogens (tertiary/aromatic N) is 3. The van der Waals surface area contributed by atoms with E-state index >= 15 is 0 Å². The van der Waals surface area contributed by atoms with Crippen LogP contribution in [0.2, 0.25) is 0 Å². The van der Waals surface area contributed by atoms with Crippen LogP contribution in [0.5, 0.6) is 5.75 Å². The van der Waals surface area contributed by atoms with Crippen LogP contribution in [-0.4, -0.2) is 39.8 Å². The number of rotatable bonds is 7. The van der Waals surface area contributed by atoms with Crippen molar-refractivity contribution in [3.63, 3.8) is 0 Å². The van der Waals surface area contributed by atoms with Gasteiger partial charge in [-0.1, -0.05) is 48.0 Å². The first-order chi connectivity index (χ1) is 16.9. The van der Waals surface area contributed by atoms with E-state index in [-0.39, 0.29) is 18.4 Å². The topological polar surface area (TPSA) is 67.6 Å². The van der Waals surface area contributed by atoms with Crippen LogP contribution in [0.1, 0.15) is 34.9 Å². The van der Waals surface area contributed by atoms with Crippen molar-refractivity contribution in [1.82, 2.24) is 9.55 Å². The molecule has 2 atom stereocenters.